The summed E-state index contributed by atoms with van der Waals surface area (Å²) in [6.45, 7) is 4.13. The van der Waals surface area contributed by atoms with Gasteiger partial charge in [0.2, 0.25) is 0 Å². The molecule has 0 aliphatic carbocycles. The first-order valence-electron chi connectivity index (χ1n) is 9.73. The Morgan fingerprint density at radius 3 is 2.55 bits per heavy atom. The highest BCUT2D eigenvalue weighted by Crippen LogP contribution is 2.33. The third-order valence-corrected chi connectivity index (χ3v) is 6.12. The molecular weight excluding hydrogens is 410 g/mol. The third kappa shape index (κ3) is 3.27. The number of nitrogens with zero attached hydrogens (tertiary/aromatic N) is 3. The summed E-state index contributed by atoms with van der Waals surface area (Å²) in [6.07, 6.45) is 1.39. The molecule has 0 saturated carbocycles. The molecule has 0 radical (unpaired) electrons. The van der Waals surface area contributed by atoms with Gasteiger partial charge >= 0.3 is 0 Å². The van der Waals surface area contributed by atoms with Crippen LogP contribution in [-0.2, 0) is 0 Å². The van der Waals surface area contributed by atoms with Crippen molar-refractivity contribution in [2.24, 2.45) is 0 Å². The van der Waals surface area contributed by atoms with E-state index in [9.17, 15) is 9.59 Å². The van der Waals surface area contributed by atoms with Gasteiger partial charge in [-0.2, -0.15) is 4.52 Å². The van der Waals surface area contributed by atoms with Crippen LogP contribution in [0.5, 0.6) is 0 Å². The molecule has 154 valence electrons. The first-order valence-corrected chi connectivity index (χ1v) is 10.6. The molecule has 4 aromatic heterocycles. The Kier molecular flexibility index (Phi) is 4.56. The molecule has 31 heavy (non-hydrogen) atoms. The summed E-state index contributed by atoms with van der Waals surface area (Å²) >= 11 is 1.59. The average Bonchev–Trinajstić information content (AvgIpc) is 3.49. The topological polar surface area (TPSA) is 84.2 Å². The number of aromatic amines is 1. The Balaban J connectivity index is 1.54. The van der Waals surface area contributed by atoms with E-state index in [2.05, 4.69) is 52.0 Å². The molecule has 8 heteroatoms. The highest BCUT2D eigenvalue weighted by atomic mass is 32.1. The number of nitrogens with one attached hydrogen (secondary N) is 2. The van der Waals surface area contributed by atoms with E-state index in [1.54, 1.807) is 35.6 Å². The van der Waals surface area contributed by atoms with Gasteiger partial charge in [0.1, 0.15) is 5.69 Å². The number of aromatic nitrogens is 4. The van der Waals surface area contributed by atoms with Gasteiger partial charge in [0.15, 0.2) is 5.65 Å². The Morgan fingerprint density at radius 1 is 1.06 bits per heavy atom. The maximum atomic E-state index is 13.0. The van der Waals surface area contributed by atoms with Crippen LogP contribution in [0.3, 0.4) is 0 Å². The largest absolute Gasteiger partial charge is 0.317 e. The first kappa shape index (κ1) is 19.1. The molecule has 5 aromatic rings. The van der Waals surface area contributed by atoms with Crippen molar-refractivity contribution in [3.8, 4) is 16.3 Å². The van der Waals surface area contributed by atoms with E-state index >= 15 is 0 Å². The molecule has 0 saturated heterocycles. The standard InChI is InChI=1S/C23H19N5O2S/c1-14-8-9-15(2)27(14)19-10-11-31-21(19)17-12-20-24-13-18(23(30)28(20)26-17)25-22(29)16-6-4-3-5-7-16/h3-13,26H,1-2H3,(H,25,29). The number of thiophene rings is 1. The van der Waals surface area contributed by atoms with Gasteiger partial charge in [-0.3, -0.25) is 14.7 Å². The van der Waals surface area contributed by atoms with Crippen LogP contribution in [0.25, 0.3) is 21.9 Å². The number of benzene rings is 1. The molecule has 1 aromatic carbocycles. The van der Waals surface area contributed by atoms with Gasteiger partial charge in [-0.1, -0.05) is 18.2 Å². The number of hydrogen-bond donors (Lipinski definition) is 2. The molecule has 0 atom stereocenters. The molecule has 0 aliphatic rings. The molecule has 0 spiro atoms. The Bertz CT molecular complexity index is 1450. The lowest BCUT2D eigenvalue weighted by atomic mass is 10.2. The Labute approximate surface area is 181 Å². The van der Waals surface area contributed by atoms with E-state index < -0.39 is 0 Å². The van der Waals surface area contributed by atoms with E-state index in [4.69, 9.17) is 0 Å². The SMILES string of the molecule is Cc1ccc(C)n1-c1ccsc1-c1cc2ncc(NC(=O)c3ccccc3)c(=O)n2[nH]1. The van der Waals surface area contributed by atoms with Crippen LogP contribution in [0.2, 0.25) is 0 Å². The molecule has 0 aliphatic heterocycles. The summed E-state index contributed by atoms with van der Waals surface area (Å²) in [5.74, 6) is -0.356. The van der Waals surface area contributed by atoms with Crippen molar-refractivity contribution >= 4 is 28.6 Å². The van der Waals surface area contributed by atoms with Crippen molar-refractivity contribution in [3.63, 3.8) is 0 Å². The monoisotopic (exact) mass is 429 g/mol. The quantitative estimate of drug-likeness (QED) is 0.444. The van der Waals surface area contributed by atoms with Gasteiger partial charge in [0, 0.05) is 23.0 Å². The minimum atomic E-state index is -0.369. The number of fused-ring (bicyclic) bond motifs is 1. The van der Waals surface area contributed by atoms with Gasteiger partial charge < -0.3 is 9.88 Å². The maximum Gasteiger partial charge on any atom is 0.296 e. The number of carbonyl (C=O) groups excluding carboxylic acids is 1. The van der Waals surface area contributed by atoms with E-state index in [1.807, 2.05) is 17.5 Å². The third-order valence-electron chi connectivity index (χ3n) is 5.18. The van der Waals surface area contributed by atoms with Gasteiger partial charge in [-0.25, -0.2) is 4.98 Å². The predicted molar refractivity (Wildman–Crippen MR) is 122 cm³/mol. The molecule has 0 bridgehead atoms. The van der Waals surface area contributed by atoms with Crippen molar-refractivity contribution in [2.45, 2.75) is 13.8 Å². The molecule has 4 heterocycles. The van der Waals surface area contributed by atoms with E-state index in [-0.39, 0.29) is 17.2 Å². The zero-order valence-corrected chi connectivity index (χ0v) is 17.7. The number of aryl methyl sites for hydroxylation is 2. The van der Waals surface area contributed by atoms with Crippen LogP contribution >= 0.6 is 11.3 Å². The second-order valence-electron chi connectivity index (χ2n) is 7.25. The number of H-pyrrole nitrogens is 1. The van der Waals surface area contributed by atoms with Crippen LogP contribution in [0.15, 0.2) is 71.0 Å². The lowest BCUT2D eigenvalue weighted by Gasteiger charge is -2.09. The number of anilines is 1. The summed E-state index contributed by atoms with van der Waals surface area (Å²) in [4.78, 5) is 30.8. The second kappa shape index (κ2) is 7.41. The molecule has 2 N–H and O–H groups in total. The fourth-order valence-corrected chi connectivity index (χ4v) is 4.52. The lowest BCUT2D eigenvalue weighted by Crippen LogP contribution is -2.23. The fraction of sp³-hybridized carbons (Fsp3) is 0.0870. The summed E-state index contributed by atoms with van der Waals surface area (Å²) in [6, 6.07) is 16.8. The second-order valence-corrected chi connectivity index (χ2v) is 8.16. The van der Waals surface area contributed by atoms with Gasteiger partial charge in [-0.15, -0.1) is 11.3 Å². The van der Waals surface area contributed by atoms with Gasteiger partial charge in [0.25, 0.3) is 11.5 Å². The van der Waals surface area contributed by atoms with Crippen molar-refractivity contribution in [2.75, 3.05) is 5.32 Å². The van der Waals surface area contributed by atoms with Crippen LogP contribution < -0.4 is 10.9 Å². The minimum absolute atomic E-state index is 0.114. The first-order chi connectivity index (χ1) is 15.0. The zero-order chi connectivity index (χ0) is 21.5. The summed E-state index contributed by atoms with van der Waals surface area (Å²) in [7, 11) is 0. The van der Waals surface area contributed by atoms with Crippen LogP contribution in [-0.4, -0.2) is 25.1 Å². The molecule has 5 rings (SSSR count). The number of carbonyl (C=O) groups is 1. The van der Waals surface area contributed by atoms with Crippen molar-refractivity contribution in [1.82, 2.24) is 19.2 Å². The van der Waals surface area contributed by atoms with Crippen molar-refractivity contribution < 1.29 is 4.79 Å². The van der Waals surface area contributed by atoms with E-state index in [1.165, 1.54) is 10.7 Å². The van der Waals surface area contributed by atoms with E-state index in [0.717, 1.165) is 27.6 Å². The molecule has 0 fully saturated rings. The van der Waals surface area contributed by atoms with E-state index in [0.29, 0.717) is 11.2 Å². The molecule has 0 unspecified atom stereocenters. The van der Waals surface area contributed by atoms with Crippen molar-refractivity contribution in [1.29, 1.82) is 0 Å². The molecule has 1 amide bonds. The number of hydrogen-bond acceptors (Lipinski definition) is 4. The Morgan fingerprint density at radius 2 is 1.81 bits per heavy atom. The fourth-order valence-electron chi connectivity index (χ4n) is 3.67. The summed E-state index contributed by atoms with van der Waals surface area (Å²) < 4.78 is 3.54. The molecule has 7 nitrogen and oxygen atoms in total. The summed E-state index contributed by atoms with van der Waals surface area (Å²) in [5.41, 5.74) is 4.80. The number of rotatable bonds is 4. The molecular formula is C23H19N5O2S. The number of amides is 1. The zero-order valence-electron chi connectivity index (χ0n) is 16.9. The average molecular weight is 430 g/mol. The highest BCUT2D eigenvalue weighted by molar-refractivity contribution is 7.14. The normalized spacial score (nSPS) is 11.2. The Hall–Kier alpha value is -3.91. The highest BCUT2D eigenvalue weighted by Gasteiger charge is 2.17. The maximum absolute atomic E-state index is 13.0. The summed E-state index contributed by atoms with van der Waals surface area (Å²) in [5, 5.41) is 7.83. The minimum Gasteiger partial charge on any atom is -0.317 e. The lowest BCUT2D eigenvalue weighted by molar-refractivity contribution is 0.102. The van der Waals surface area contributed by atoms with Gasteiger partial charge in [-0.05, 0) is 49.6 Å². The smallest absolute Gasteiger partial charge is 0.296 e. The van der Waals surface area contributed by atoms with Crippen molar-refractivity contribution in [3.05, 3.63) is 93.5 Å². The van der Waals surface area contributed by atoms with Crippen LogP contribution in [0.1, 0.15) is 21.7 Å². The predicted octanol–water partition coefficient (Wildman–Crippen LogP) is 4.41. The van der Waals surface area contributed by atoms with Gasteiger partial charge in [0.05, 0.1) is 22.5 Å². The van der Waals surface area contributed by atoms with Crippen LogP contribution in [0, 0.1) is 13.8 Å². The van der Waals surface area contributed by atoms with Crippen LogP contribution in [0.4, 0.5) is 5.69 Å².